The molecule has 0 fully saturated rings. The number of rotatable bonds is 4. The van der Waals surface area contributed by atoms with Gasteiger partial charge in [-0.25, -0.2) is 0 Å². The van der Waals surface area contributed by atoms with Gasteiger partial charge in [-0.05, 0) is 41.1 Å². The zero-order valence-corrected chi connectivity index (χ0v) is 10.4. The molecule has 0 saturated carbocycles. The van der Waals surface area contributed by atoms with Crippen molar-refractivity contribution < 1.29 is 9.47 Å². The highest BCUT2D eigenvalue weighted by atomic mass is 79.9. The summed E-state index contributed by atoms with van der Waals surface area (Å²) in [6.07, 6.45) is 0.745. The van der Waals surface area contributed by atoms with E-state index < -0.39 is 0 Å². The fourth-order valence-corrected chi connectivity index (χ4v) is 1.53. The van der Waals surface area contributed by atoms with E-state index in [0.29, 0.717) is 6.61 Å². The minimum atomic E-state index is 0.603. The highest BCUT2D eigenvalue weighted by Gasteiger charge is 2.01. The van der Waals surface area contributed by atoms with Crippen molar-refractivity contribution in [3.05, 3.63) is 22.7 Å². The Morgan fingerprint density at radius 2 is 2.20 bits per heavy atom. The molecule has 2 nitrogen and oxygen atoms in total. The fourth-order valence-electron chi connectivity index (χ4n) is 1.06. The monoisotopic (exact) mass is 268 g/mol. The van der Waals surface area contributed by atoms with Gasteiger partial charge in [-0.15, -0.1) is 11.8 Å². The Balaban J connectivity index is 2.56. The first-order chi connectivity index (χ1) is 7.27. The summed E-state index contributed by atoms with van der Waals surface area (Å²) in [5.41, 5.74) is 0. The molecule has 15 heavy (non-hydrogen) atoms. The smallest absolute Gasteiger partial charge is 0.133 e. The molecule has 0 heterocycles. The third kappa shape index (κ3) is 3.85. The normalized spacial score (nSPS) is 9.00. The maximum absolute atomic E-state index is 5.53. The topological polar surface area (TPSA) is 18.5 Å². The van der Waals surface area contributed by atoms with E-state index in [4.69, 9.17) is 9.47 Å². The molecule has 0 amide bonds. The minimum absolute atomic E-state index is 0.603. The lowest BCUT2D eigenvalue weighted by atomic mass is 10.3. The van der Waals surface area contributed by atoms with Crippen LogP contribution in [-0.4, -0.2) is 13.7 Å². The van der Waals surface area contributed by atoms with E-state index in [1.54, 1.807) is 7.11 Å². The van der Waals surface area contributed by atoms with E-state index in [9.17, 15) is 0 Å². The number of methoxy groups -OCH3 is 1. The van der Waals surface area contributed by atoms with Crippen LogP contribution in [0.4, 0.5) is 0 Å². The Hall–Kier alpha value is -1.14. The van der Waals surface area contributed by atoms with Crippen molar-refractivity contribution in [3.63, 3.8) is 0 Å². The van der Waals surface area contributed by atoms with Crippen LogP contribution in [0.15, 0.2) is 22.7 Å². The van der Waals surface area contributed by atoms with E-state index in [2.05, 4.69) is 27.8 Å². The van der Waals surface area contributed by atoms with E-state index >= 15 is 0 Å². The van der Waals surface area contributed by atoms with E-state index in [1.165, 1.54) is 0 Å². The highest BCUT2D eigenvalue weighted by molar-refractivity contribution is 9.10. The molecule has 0 aromatic heterocycles. The molecular weight excluding hydrogens is 256 g/mol. The van der Waals surface area contributed by atoms with Crippen LogP contribution in [0.25, 0.3) is 0 Å². The lowest BCUT2D eigenvalue weighted by molar-refractivity contribution is 0.324. The second-order valence-corrected chi connectivity index (χ2v) is 3.68. The van der Waals surface area contributed by atoms with Gasteiger partial charge >= 0.3 is 0 Å². The predicted octanol–water partition coefficient (Wildman–Crippen LogP) is 3.25. The van der Waals surface area contributed by atoms with Gasteiger partial charge in [0.1, 0.15) is 11.5 Å². The summed E-state index contributed by atoms with van der Waals surface area (Å²) in [7, 11) is 1.64. The van der Waals surface area contributed by atoms with Gasteiger partial charge in [0.15, 0.2) is 0 Å². The predicted molar refractivity (Wildman–Crippen MR) is 64.3 cm³/mol. The molecule has 0 spiro atoms. The molecule has 0 aliphatic heterocycles. The summed E-state index contributed by atoms with van der Waals surface area (Å²) in [5, 5.41) is 0. The van der Waals surface area contributed by atoms with Crippen molar-refractivity contribution >= 4 is 15.9 Å². The molecule has 0 N–H and O–H groups in total. The minimum Gasteiger partial charge on any atom is -0.497 e. The van der Waals surface area contributed by atoms with Gasteiger partial charge < -0.3 is 9.47 Å². The number of benzene rings is 1. The Morgan fingerprint density at radius 1 is 1.40 bits per heavy atom. The molecule has 80 valence electrons. The first kappa shape index (κ1) is 11.9. The second kappa shape index (κ2) is 6.36. The standard InChI is InChI=1S/C12H13BrO2/c1-3-4-5-8-15-12-7-6-10(14-2)9-11(12)13/h6-7,9H,5,8H2,1-2H3. The summed E-state index contributed by atoms with van der Waals surface area (Å²) >= 11 is 3.42. The van der Waals surface area contributed by atoms with Crippen molar-refractivity contribution in [2.24, 2.45) is 0 Å². The van der Waals surface area contributed by atoms with Crippen molar-refractivity contribution in [2.75, 3.05) is 13.7 Å². The molecule has 0 aliphatic carbocycles. The van der Waals surface area contributed by atoms with E-state index in [-0.39, 0.29) is 0 Å². The molecule has 3 heteroatoms. The van der Waals surface area contributed by atoms with Crippen LogP contribution < -0.4 is 9.47 Å². The molecule has 0 aliphatic rings. The van der Waals surface area contributed by atoms with Crippen LogP contribution in [0.2, 0.25) is 0 Å². The molecular formula is C12H13BrO2. The van der Waals surface area contributed by atoms with Crippen molar-refractivity contribution in [2.45, 2.75) is 13.3 Å². The van der Waals surface area contributed by atoms with Crippen LogP contribution in [0.5, 0.6) is 11.5 Å². The first-order valence-electron chi connectivity index (χ1n) is 4.64. The van der Waals surface area contributed by atoms with E-state index in [1.807, 2.05) is 25.1 Å². The van der Waals surface area contributed by atoms with Crippen molar-refractivity contribution in [1.29, 1.82) is 0 Å². The molecule has 0 unspecified atom stereocenters. The molecule has 1 aromatic rings. The quantitative estimate of drug-likeness (QED) is 0.617. The Labute approximate surface area is 98.7 Å². The zero-order valence-electron chi connectivity index (χ0n) is 8.84. The number of ether oxygens (including phenoxy) is 2. The molecule has 0 saturated heterocycles. The van der Waals surface area contributed by atoms with Crippen LogP contribution in [0, 0.1) is 11.8 Å². The van der Waals surface area contributed by atoms with Gasteiger partial charge in [0.2, 0.25) is 0 Å². The number of hydrogen-bond donors (Lipinski definition) is 0. The van der Waals surface area contributed by atoms with Crippen LogP contribution in [0.1, 0.15) is 13.3 Å². The lowest BCUT2D eigenvalue weighted by Gasteiger charge is -2.07. The average molecular weight is 269 g/mol. The van der Waals surface area contributed by atoms with Gasteiger partial charge in [0.25, 0.3) is 0 Å². The second-order valence-electron chi connectivity index (χ2n) is 2.82. The summed E-state index contributed by atoms with van der Waals surface area (Å²) in [5.74, 6) is 7.39. The Kier molecular flexibility index (Phi) is 5.06. The summed E-state index contributed by atoms with van der Waals surface area (Å²) < 4.78 is 11.5. The average Bonchev–Trinajstić information content (AvgIpc) is 2.26. The van der Waals surface area contributed by atoms with Crippen LogP contribution in [0.3, 0.4) is 0 Å². The molecule has 1 rings (SSSR count). The lowest BCUT2D eigenvalue weighted by Crippen LogP contribution is -1.96. The summed E-state index contributed by atoms with van der Waals surface area (Å²) in [6, 6.07) is 5.62. The molecule has 0 bridgehead atoms. The number of hydrogen-bond acceptors (Lipinski definition) is 2. The molecule has 0 atom stereocenters. The molecule has 0 radical (unpaired) electrons. The maximum Gasteiger partial charge on any atom is 0.133 e. The SMILES string of the molecule is CC#CCCOc1ccc(OC)cc1Br. The first-order valence-corrected chi connectivity index (χ1v) is 5.43. The van der Waals surface area contributed by atoms with Crippen molar-refractivity contribution in [3.8, 4) is 23.3 Å². The van der Waals surface area contributed by atoms with Gasteiger partial charge in [-0.2, -0.15) is 0 Å². The fraction of sp³-hybridized carbons (Fsp3) is 0.333. The maximum atomic E-state index is 5.53. The highest BCUT2D eigenvalue weighted by Crippen LogP contribution is 2.29. The summed E-state index contributed by atoms with van der Waals surface area (Å²) in [6.45, 7) is 2.43. The van der Waals surface area contributed by atoms with Crippen LogP contribution in [-0.2, 0) is 0 Å². The third-order valence-corrected chi connectivity index (χ3v) is 2.42. The Bertz CT molecular complexity index is 377. The summed E-state index contributed by atoms with van der Waals surface area (Å²) in [4.78, 5) is 0. The largest absolute Gasteiger partial charge is 0.497 e. The van der Waals surface area contributed by atoms with Gasteiger partial charge in [0, 0.05) is 6.42 Å². The zero-order chi connectivity index (χ0) is 11.1. The van der Waals surface area contributed by atoms with Gasteiger partial charge in [0.05, 0.1) is 18.2 Å². The number of halogens is 1. The molecule has 1 aromatic carbocycles. The van der Waals surface area contributed by atoms with Gasteiger partial charge in [-0.1, -0.05) is 0 Å². The van der Waals surface area contributed by atoms with Gasteiger partial charge in [-0.3, -0.25) is 0 Å². The van der Waals surface area contributed by atoms with Crippen LogP contribution >= 0.6 is 15.9 Å². The van der Waals surface area contributed by atoms with E-state index in [0.717, 1.165) is 22.4 Å². The van der Waals surface area contributed by atoms with Crippen molar-refractivity contribution in [1.82, 2.24) is 0 Å². The Morgan fingerprint density at radius 3 is 2.80 bits per heavy atom. The third-order valence-electron chi connectivity index (χ3n) is 1.80.